The third-order valence-electron chi connectivity index (χ3n) is 5.57. The van der Waals surface area contributed by atoms with Crippen molar-refractivity contribution in [2.75, 3.05) is 12.4 Å². The Morgan fingerprint density at radius 3 is 2.39 bits per heavy atom. The van der Waals surface area contributed by atoms with Gasteiger partial charge < -0.3 is 24.1 Å². The van der Waals surface area contributed by atoms with E-state index in [0.717, 1.165) is 55.8 Å². The minimum absolute atomic E-state index is 0.561. The molecule has 0 amide bonds. The third kappa shape index (κ3) is 2.92. The quantitative estimate of drug-likeness (QED) is 0.417. The fourth-order valence-corrected chi connectivity index (χ4v) is 3.90. The van der Waals surface area contributed by atoms with Crippen LogP contribution in [0.2, 0.25) is 0 Å². The molecule has 0 atom stereocenters. The van der Waals surface area contributed by atoms with Crippen LogP contribution in [-0.2, 0) is 0 Å². The number of rotatable bonds is 4. The second-order valence-corrected chi connectivity index (χ2v) is 7.61. The summed E-state index contributed by atoms with van der Waals surface area (Å²) in [6, 6.07) is 4.02. The van der Waals surface area contributed by atoms with Crippen molar-refractivity contribution in [3.8, 4) is 16.9 Å². The lowest BCUT2D eigenvalue weighted by Crippen LogP contribution is -1.98. The number of fused-ring (bicyclic) bond motifs is 3. The molecule has 9 heteroatoms. The number of aromatic amines is 1. The van der Waals surface area contributed by atoms with Gasteiger partial charge in [0.15, 0.2) is 0 Å². The predicted octanol–water partition coefficient (Wildman–Crippen LogP) is 5.05. The van der Waals surface area contributed by atoms with Crippen LogP contribution in [-0.4, -0.2) is 32.4 Å². The number of benzene rings is 1. The molecule has 0 aliphatic rings. The summed E-state index contributed by atoms with van der Waals surface area (Å²) in [5, 5.41) is 13.2. The van der Waals surface area contributed by atoms with Gasteiger partial charge in [-0.15, -0.1) is 0 Å². The van der Waals surface area contributed by atoms with Gasteiger partial charge in [0, 0.05) is 22.0 Å². The van der Waals surface area contributed by atoms with Crippen LogP contribution >= 0.6 is 0 Å². The molecular weight excluding hydrogens is 396 g/mol. The Morgan fingerprint density at radius 1 is 0.968 bits per heavy atom. The molecule has 0 unspecified atom stereocenters. The molecule has 9 nitrogen and oxygen atoms in total. The van der Waals surface area contributed by atoms with E-state index in [-0.39, 0.29) is 0 Å². The van der Waals surface area contributed by atoms with Crippen LogP contribution in [0.1, 0.15) is 28.5 Å². The first-order valence-corrected chi connectivity index (χ1v) is 9.88. The standard InChI is InChI=1S/C22H22N6O3/c1-9-10(2)27-31-22(9)26-21-19-14-8-17(29-6)15(18-11(3)28-30-12(18)4)7-16(14)25-20(19)23-13(5)24-21/h7-8H,1-6H3,(H2,23,24,25,26). The SMILES string of the molecule is COc1cc2c(cc1-c1c(C)noc1C)[nH]c1nc(C)nc(Nc3onc(C)c3C)c12. The van der Waals surface area contributed by atoms with E-state index in [1.807, 2.05) is 46.8 Å². The van der Waals surface area contributed by atoms with Crippen molar-refractivity contribution in [2.24, 2.45) is 0 Å². The number of nitrogens with zero attached hydrogens (tertiary/aromatic N) is 4. The average molecular weight is 418 g/mol. The summed E-state index contributed by atoms with van der Waals surface area (Å²) in [7, 11) is 1.65. The molecule has 5 rings (SSSR count). The first kappa shape index (κ1) is 19.1. The van der Waals surface area contributed by atoms with E-state index < -0.39 is 0 Å². The summed E-state index contributed by atoms with van der Waals surface area (Å²) in [6.07, 6.45) is 0. The molecule has 158 valence electrons. The highest BCUT2D eigenvalue weighted by Crippen LogP contribution is 2.41. The van der Waals surface area contributed by atoms with Gasteiger partial charge in [0.25, 0.3) is 0 Å². The van der Waals surface area contributed by atoms with Crippen molar-refractivity contribution in [2.45, 2.75) is 34.6 Å². The van der Waals surface area contributed by atoms with Gasteiger partial charge in [-0.25, -0.2) is 9.97 Å². The van der Waals surface area contributed by atoms with E-state index in [9.17, 15) is 0 Å². The molecule has 0 fully saturated rings. The molecule has 0 saturated heterocycles. The van der Waals surface area contributed by atoms with E-state index >= 15 is 0 Å². The Kier molecular flexibility index (Phi) is 4.21. The number of hydrogen-bond acceptors (Lipinski definition) is 8. The molecule has 0 bridgehead atoms. The van der Waals surface area contributed by atoms with Gasteiger partial charge in [-0.1, -0.05) is 10.3 Å². The van der Waals surface area contributed by atoms with Crippen LogP contribution in [0.3, 0.4) is 0 Å². The zero-order valence-electron chi connectivity index (χ0n) is 18.2. The zero-order valence-corrected chi connectivity index (χ0v) is 18.2. The molecule has 4 heterocycles. The van der Waals surface area contributed by atoms with Gasteiger partial charge in [-0.3, -0.25) is 0 Å². The average Bonchev–Trinajstić information content (AvgIpc) is 3.36. The molecule has 31 heavy (non-hydrogen) atoms. The largest absolute Gasteiger partial charge is 0.496 e. The van der Waals surface area contributed by atoms with E-state index in [1.165, 1.54) is 0 Å². The zero-order chi connectivity index (χ0) is 21.9. The maximum Gasteiger partial charge on any atom is 0.233 e. The van der Waals surface area contributed by atoms with Crippen molar-refractivity contribution in [1.82, 2.24) is 25.3 Å². The van der Waals surface area contributed by atoms with Crippen LogP contribution < -0.4 is 10.1 Å². The summed E-state index contributed by atoms with van der Waals surface area (Å²) in [5.74, 6) is 3.28. The van der Waals surface area contributed by atoms with E-state index in [0.29, 0.717) is 23.3 Å². The van der Waals surface area contributed by atoms with Crippen molar-refractivity contribution in [3.05, 3.63) is 40.7 Å². The molecule has 4 aromatic heterocycles. The van der Waals surface area contributed by atoms with Crippen LogP contribution in [0.5, 0.6) is 5.75 Å². The Bertz CT molecular complexity index is 1440. The van der Waals surface area contributed by atoms with E-state index in [1.54, 1.807) is 7.11 Å². The molecule has 0 aliphatic carbocycles. The summed E-state index contributed by atoms with van der Waals surface area (Å²) in [5.41, 5.74) is 6.01. The second kappa shape index (κ2) is 6.83. The van der Waals surface area contributed by atoms with Crippen molar-refractivity contribution >= 4 is 33.6 Å². The smallest absolute Gasteiger partial charge is 0.233 e. The lowest BCUT2D eigenvalue weighted by atomic mass is 10.0. The predicted molar refractivity (Wildman–Crippen MR) is 117 cm³/mol. The summed E-state index contributed by atoms with van der Waals surface area (Å²) >= 11 is 0. The topological polar surface area (TPSA) is 115 Å². The molecule has 0 saturated carbocycles. The van der Waals surface area contributed by atoms with Crippen LogP contribution in [0, 0.1) is 34.6 Å². The van der Waals surface area contributed by atoms with Gasteiger partial charge in [-0.2, -0.15) is 0 Å². The summed E-state index contributed by atoms with van der Waals surface area (Å²) < 4.78 is 16.5. The minimum atomic E-state index is 0.561. The number of aryl methyl sites for hydroxylation is 4. The molecule has 1 aromatic carbocycles. The van der Waals surface area contributed by atoms with Gasteiger partial charge in [0.05, 0.1) is 29.4 Å². The fraction of sp³-hybridized carbons (Fsp3) is 0.273. The highest BCUT2D eigenvalue weighted by atomic mass is 16.5. The van der Waals surface area contributed by atoms with Crippen molar-refractivity contribution in [1.29, 1.82) is 0 Å². The number of methoxy groups -OCH3 is 1. The Hall–Kier alpha value is -3.88. The molecule has 0 radical (unpaired) electrons. The second-order valence-electron chi connectivity index (χ2n) is 7.61. The molecule has 5 aromatic rings. The summed E-state index contributed by atoms with van der Waals surface area (Å²) in [4.78, 5) is 12.6. The summed E-state index contributed by atoms with van der Waals surface area (Å²) in [6.45, 7) is 9.51. The third-order valence-corrected chi connectivity index (χ3v) is 5.57. The van der Waals surface area contributed by atoms with Crippen molar-refractivity contribution < 1.29 is 13.8 Å². The maximum atomic E-state index is 5.74. The number of nitrogens with one attached hydrogen (secondary N) is 2. The van der Waals surface area contributed by atoms with Crippen LogP contribution in [0.25, 0.3) is 33.1 Å². The van der Waals surface area contributed by atoms with Crippen LogP contribution in [0.15, 0.2) is 21.2 Å². The number of ether oxygens (including phenoxy) is 1. The number of anilines is 2. The first-order valence-electron chi connectivity index (χ1n) is 9.88. The highest BCUT2D eigenvalue weighted by molar-refractivity contribution is 6.13. The molecule has 0 spiro atoms. The normalized spacial score (nSPS) is 11.5. The van der Waals surface area contributed by atoms with E-state index in [4.69, 9.17) is 13.8 Å². The minimum Gasteiger partial charge on any atom is -0.496 e. The Balaban J connectivity index is 1.77. The molecule has 0 aliphatic heterocycles. The Labute approximate surface area is 177 Å². The van der Waals surface area contributed by atoms with Gasteiger partial charge in [0.1, 0.15) is 28.8 Å². The lowest BCUT2D eigenvalue weighted by molar-refractivity contribution is 0.393. The Morgan fingerprint density at radius 2 is 1.74 bits per heavy atom. The van der Waals surface area contributed by atoms with E-state index in [2.05, 4.69) is 30.6 Å². The molecular formula is C22H22N6O3. The van der Waals surface area contributed by atoms with Crippen LogP contribution in [0.4, 0.5) is 11.7 Å². The maximum absolute atomic E-state index is 5.74. The monoisotopic (exact) mass is 418 g/mol. The number of aromatic nitrogens is 5. The lowest BCUT2D eigenvalue weighted by Gasteiger charge is -2.09. The molecule has 2 N–H and O–H groups in total. The van der Waals surface area contributed by atoms with Gasteiger partial charge >= 0.3 is 0 Å². The number of H-pyrrole nitrogens is 1. The highest BCUT2D eigenvalue weighted by Gasteiger charge is 2.21. The van der Waals surface area contributed by atoms with Gasteiger partial charge in [0.2, 0.25) is 5.88 Å². The number of hydrogen-bond donors (Lipinski definition) is 2. The first-order chi connectivity index (χ1) is 14.9. The van der Waals surface area contributed by atoms with Gasteiger partial charge in [-0.05, 0) is 46.8 Å². The fourth-order valence-electron chi connectivity index (χ4n) is 3.90. The van der Waals surface area contributed by atoms with Crippen molar-refractivity contribution in [3.63, 3.8) is 0 Å².